The fraction of sp³-hybridized carbons (Fsp3) is 0.556. The van der Waals surface area contributed by atoms with Gasteiger partial charge in [-0.05, 0) is 32.1 Å². The van der Waals surface area contributed by atoms with Gasteiger partial charge in [-0.25, -0.2) is 4.98 Å². The van der Waals surface area contributed by atoms with Crippen LogP contribution in [0.2, 0.25) is 0 Å². The number of nitrogens with zero attached hydrogens (tertiary/aromatic N) is 3. The Labute approximate surface area is 151 Å². The molecule has 138 valence electrons. The van der Waals surface area contributed by atoms with Crippen LogP contribution in [0, 0.1) is 5.92 Å². The minimum absolute atomic E-state index is 0.0289. The molecule has 1 amide bonds. The van der Waals surface area contributed by atoms with E-state index in [-0.39, 0.29) is 17.4 Å². The van der Waals surface area contributed by atoms with Crippen molar-refractivity contribution in [1.29, 1.82) is 0 Å². The van der Waals surface area contributed by atoms with Crippen molar-refractivity contribution in [3.63, 3.8) is 0 Å². The molecule has 0 unspecified atom stereocenters. The van der Waals surface area contributed by atoms with Crippen LogP contribution >= 0.6 is 0 Å². The lowest BCUT2D eigenvalue weighted by atomic mass is 9.95. The number of aromatic nitrogens is 4. The summed E-state index contributed by atoms with van der Waals surface area (Å²) in [5.41, 5.74) is 3.30. The number of aryl methyl sites for hydroxylation is 1. The number of carbonyl (C=O) groups excluding carboxylic acids is 1. The molecule has 1 aliphatic heterocycles. The highest BCUT2D eigenvalue weighted by Gasteiger charge is 2.28. The van der Waals surface area contributed by atoms with Gasteiger partial charge < -0.3 is 14.6 Å². The number of nitrogens with one attached hydrogen (secondary N) is 2. The Bertz CT molecular complexity index is 843. The Morgan fingerprint density at radius 2 is 2.23 bits per heavy atom. The molecular weight excluding hydrogens is 334 g/mol. The third-order valence-corrected chi connectivity index (χ3v) is 5.12. The number of hydrogen-bond donors (Lipinski definition) is 2. The van der Waals surface area contributed by atoms with Gasteiger partial charge in [0.1, 0.15) is 0 Å². The van der Waals surface area contributed by atoms with Crippen LogP contribution < -0.4 is 5.56 Å². The molecule has 3 heterocycles. The summed E-state index contributed by atoms with van der Waals surface area (Å²) in [6.45, 7) is 2.20. The molecule has 1 atom stereocenters. The van der Waals surface area contributed by atoms with Gasteiger partial charge in [0, 0.05) is 42.0 Å². The number of aromatic amines is 2. The van der Waals surface area contributed by atoms with Crippen molar-refractivity contribution >= 4 is 5.91 Å². The van der Waals surface area contributed by atoms with Gasteiger partial charge in [0.2, 0.25) is 0 Å². The van der Waals surface area contributed by atoms with Crippen molar-refractivity contribution in [2.45, 2.75) is 32.1 Å². The highest BCUT2D eigenvalue weighted by Crippen LogP contribution is 2.24. The monoisotopic (exact) mass is 357 g/mol. The predicted octanol–water partition coefficient (Wildman–Crippen LogP) is 0.703. The van der Waals surface area contributed by atoms with Crippen molar-refractivity contribution in [2.75, 3.05) is 26.3 Å². The first kappa shape index (κ1) is 17.0. The zero-order valence-corrected chi connectivity index (χ0v) is 14.7. The molecular formula is C18H23N5O3. The molecule has 26 heavy (non-hydrogen) atoms. The number of carbonyl (C=O) groups is 1. The molecule has 0 saturated carbocycles. The molecule has 8 nitrogen and oxygen atoms in total. The SMILES string of the molecule is O=C(c1n[nH]c2c1CCCC2)N1CCOC[C@@H](Cc2cc(=O)[nH]cn2)C1. The summed E-state index contributed by atoms with van der Waals surface area (Å²) >= 11 is 0. The number of ether oxygens (including phenoxy) is 1. The lowest BCUT2D eigenvalue weighted by molar-refractivity contribution is 0.0730. The van der Waals surface area contributed by atoms with E-state index in [1.807, 2.05) is 4.90 Å². The van der Waals surface area contributed by atoms with Crippen LogP contribution in [0.15, 0.2) is 17.2 Å². The van der Waals surface area contributed by atoms with Crippen molar-refractivity contribution in [1.82, 2.24) is 25.1 Å². The standard InChI is InChI=1S/C18H23N5O3/c24-16-8-13(19-11-20-16)7-12-9-23(5-6-26-10-12)18(25)17-14-3-1-2-4-15(14)21-22-17/h8,11-12H,1-7,9-10H2,(H,21,22)(H,19,20,24)/t12-/m0/s1. The summed E-state index contributed by atoms with van der Waals surface area (Å²) in [6, 6.07) is 1.50. The van der Waals surface area contributed by atoms with Gasteiger partial charge in [-0.2, -0.15) is 5.10 Å². The number of rotatable bonds is 3. The predicted molar refractivity (Wildman–Crippen MR) is 94.0 cm³/mol. The van der Waals surface area contributed by atoms with Gasteiger partial charge in [0.05, 0.1) is 19.5 Å². The van der Waals surface area contributed by atoms with Crippen LogP contribution in [0.5, 0.6) is 0 Å². The van der Waals surface area contributed by atoms with Crippen LogP contribution in [-0.4, -0.2) is 57.3 Å². The van der Waals surface area contributed by atoms with Gasteiger partial charge in [0.25, 0.3) is 11.5 Å². The summed E-state index contributed by atoms with van der Waals surface area (Å²) in [5, 5.41) is 7.35. The molecule has 1 aliphatic carbocycles. The van der Waals surface area contributed by atoms with E-state index < -0.39 is 0 Å². The normalized spacial score (nSPS) is 20.5. The van der Waals surface area contributed by atoms with E-state index in [2.05, 4.69) is 20.2 Å². The molecule has 1 saturated heterocycles. The Balaban J connectivity index is 1.49. The average Bonchev–Trinajstić information content (AvgIpc) is 2.94. The van der Waals surface area contributed by atoms with Crippen LogP contribution in [0.25, 0.3) is 0 Å². The first-order valence-corrected chi connectivity index (χ1v) is 9.17. The molecule has 2 aromatic rings. The number of fused-ring (bicyclic) bond motifs is 1. The van der Waals surface area contributed by atoms with Crippen molar-refractivity contribution in [3.8, 4) is 0 Å². The Hall–Kier alpha value is -2.48. The first-order chi connectivity index (χ1) is 12.7. The summed E-state index contributed by atoms with van der Waals surface area (Å²) in [7, 11) is 0. The number of hydrogen-bond acceptors (Lipinski definition) is 5. The largest absolute Gasteiger partial charge is 0.379 e. The summed E-state index contributed by atoms with van der Waals surface area (Å²) in [6.07, 6.45) is 6.14. The fourth-order valence-electron chi connectivity index (χ4n) is 3.81. The second-order valence-corrected chi connectivity index (χ2v) is 7.04. The lowest BCUT2D eigenvalue weighted by Crippen LogP contribution is -2.37. The second kappa shape index (κ2) is 7.41. The van der Waals surface area contributed by atoms with E-state index in [0.717, 1.165) is 36.9 Å². The molecule has 2 N–H and O–H groups in total. The van der Waals surface area contributed by atoms with E-state index in [1.165, 1.54) is 12.4 Å². The number of H-pyrrole nitrogens is 2. The molecule has 0 aromatic carbocycles. The van der Waals surface area contributed by atoms with E-state index in [0.29, 0.717) is 44.1 Å². The molecule has 1 fully saturated rings. The number of amides is 1. The van der Waals surface area contributed by atoms with Gasteiger partial charge >= 0.3 is 0 Å². The maximum absolute atomic E-state index is 13.1. The van der Waals surface area contributed by atoms with E-state index in [4.69, 9.17) is 4.74 Å². The van der Waals surface area contributed by atoms with Crippen LogP contribution in [0.3, 0.4) is 0 Å². The van der Waals surface area contributed by atoms with Gasteiger partial charge in [-0.1, -0.05) is 0 Å². The maximum atomic E-state index is 13.1. The smallest absolute Gasteiger partial charge is 0.274 e. The minimum Gasteiger partial charge on any atom is -0.379 e. The van der Waals surface area contributed by atoms with Gasteiger partial charge in [-0.3, -0.25) is 14.7 Å². The zero-order chi connectivity index (χ0) is 17.9. The summed E-state index contributed by atoms with van der Waals surface area (Å²) in [5.74, 6) is 0.0734. The van der Waals surface area contributed by atoms with E-state index in [1.54, 1.807) is 0 Å². The molecule has 4 rings (SSSR count). The average molecular weight is 357 g/mol. The molecule has 0 spiro atoms. The Morgan fingerprint density at radius 3 is 3.12 bits per heavy atom. The molecule has 8 heteroatoms. The Kier molecular flexibility index (Phi) is 4.83. The maximum Gasteiger partial charge on any atom is 0.274 e. The third-order valence-electron chi connectivity index (χ3n) is 5.12. The van der Waals surface area contributed by atoms with Gasteiger partial charge in [0.15, 0.2) is 5.69 Å². The molecule has 2 aliphatic rings. The second-order valence-electron chi connectivity index (χ2n) is 7.04. The Morgan fingerprint density at radius 1 is 1.35 bits per heavy atom. The summed E-state index contributed by atoms with van der Waals surface area (Å²) in [4.78, 5) is 33.1. The minimum atomic E-state index is -0.166. The van der Waals surface area contributed by atoms with Crippen molar-refractivity contribution < 1.29 is 9.53 Å². The van der Waals surface area contributed by atoms with Crippen LogP contribution in [-0.2, 0) is 24.0 Å². The fourth-order valence-corrected chi connectivity index (χ4v) is 3.81. The van der Waals surface area contributed by atoms with Crippen LogP contribution in [0.1, 0.15) is 40.3 Å². The first-order valence-electron chi connectivity index (χ1n) is 9.17. The van der Waals surface area contributed by atoms with Crippen LogP contribution in [0.4, 0.5) is 0 Å². The topological polar surface area (TPSA) is 104 Å². The third kappa shape index (κ3) is 3.55. The van der Waals surface area contributed by atoms with E-state index >= 15 is 0 Å². The zero-order valence-electron chi connectivity index (χ0n) is 14.7. The van der Waals surface area contributed by atoms with Gasteiger partial charge in [-0.15, -0.1) is 0 Å². The molecule has 2 aromatic heterocycles. The quantitative estimate of drug-likeness (QED) is 0.842. The highest BCUT2D eigenvalue weighted by atomic mass is 16.5. The molecule has 0 bridgehead atoms. The summed E-state index contributed by atoms with van der Waals surface area (Å²) < 4.78 is 5.68. The lowest BCUT2D eigenvalue weighted by Gasteiger charge is -2.23. The molecule has 0 radical (unpaired) electrons. The van der Waals surface area contributed by atoms with Crippen molar-refractivity contribution in [3.05, 3.63) is 45.4 Å². The highest BCUT2D eigenvalue weighted by molar-refractivity contribution is 5.94. The van der Waals surface area contributed by atoms with E-state index in [9.17, 15) is 9.59 Å². The van der Waals surface area contributed by atoms with Crippen molar-refractivity contribution in [2.24, 2.45) is 5.92 Å².